The van der Waals surface area contributed by atoms with E-state index in [0.717, 1.165) is 6.42 Å². The number of halogens is 1. The van der Waals surface area contributed by atoms with Crippen LogP contribution in [0.2, 0.25) is 0 Å². The second kappa shape index (κ2) is 2.69. The summed E-state index contributed by atoms with van der Waals surface area (Å²) in [5.74, 6) is -0.414. The van der Waals surface area contributed by atoms with E-state index in [-0.39, 0.29) is 11.5 Å². The molecular weight excluding hydrogens is 169 g/mol. The lowest BCUT2D eigenvalue weighted by Gasteiger charge is -2.24. The normalized spacial score (nSPS) is 25.5. The van der Waals surface area contributed by atoms with Gasteiger partial charge < -0.3 is 4.90 Å². The molecule has 1 fully saturated rings. The van der Waals surface area contributed by atoms with Crippen molar-refractivity contribution in [3.05, 3.63) is 0 Å². The molecule has 1 aliphatic rings. The largest absolute Gasteiger partial charge is 0.339 e. The maximum absolute atomic E-state index is 13.3. The zero-order valence-electron chi connectivity index (χ0n) is 9.02. The predicted molar refractivity (Wildman–Crippen MR) is 50.1 cm³/mol. The van der Waals surface area contributed by atoms with Gasteiger partial charge in [0.2, 0.25) is 0 Å². The Balaban J connectivity index is 2.61. The van der Waals surface area contributed by atoms with E-state index in [1.165, 1.54) is 13.8 Å². The predicted octanol–water partition coefficient (Wildman–Crippen LogP) is 1.99. The second-order valence-corrected chi connectivity index (χ2v) is 5.10. The van der Waals surface area contributed by atoms with Crippen LogP contribution < -0.4 is 0 Å². The van der Waals surface area contributed by atoms with E-state index in [1.807, 2.05) is 0 Å². The van der Waals surface area contributed by atoms with Crippen molar-refractivity contribution in [1.82, 2.24) is 4.90 Å². The van der Waals surface area contributed by atoms with Crippen LogP contribution >= 0.6 is 0 Å². The van der Waals surface area contributed by atoms with Gasteiger partial charge in [-0.25, -0.2) is 4.39 Å². The van der Waals surface area contributed by atoms with Crippen LogP contribution in [0.3, 0.4) is 0 Å². The lowest BCUT2D eigenvalue weighted by molar-refractivity contribution is -0.141. The number of carbonyl (C=O) groups is 1. The van der Waals surface area contributed by atoms with E-state index in [9.17, 15) is 9.18 Å². The zero-order valence-corrected chi connectivity index (χ0v) is 9.02. The first kappa shape index (κ1) is 10.5. The third kappa shape index (κ3) is 2.01. The van der Waals surface area contributed by atoms with Crippen molar-refractivity contribution >= 4 is 5.91 Å². The van der Waals surface area contributed by atoms with Crippen molar-refractivity contribution in [2.75, 3.05) is 7.05 Å². The van der Waals surface area contributed by atoms with Crippen molar-refractivity contribution in [2.24, 2.45) is 5.41 Å². The Bertz CT molecular complexity index is 230. The minimum Gasteiger partial charge on any atom is -0.339 e. The summed E-state index contributed by atoms with van der Waals surface area (Å²) in [5, 5.41) is 0. The van der Waals surface area contributed by atoms with Gasteiger partial charge in [-0.15, -0.1) is 0 Å². The zero-order chi connectivity index (χ0) is 10.4. The molecule has 0 N–H and O–H groups in total. The Morgan fingerprint density at radius 1 is 1.54 bits per heavy atom. The Hall–Kier alpha value is -0.600. The fourth-order valence-electron chi connectivity index (χ4n) is 1.66. The highest BCUT2D eigenvalue weighted by atomic mass is 19.1. The van der Waals surface area contributed by atoms with Gasteiger partial charge in [0.1, 0.15) is 0 Å². The van der Waals surface area contributed by atoms with Crippen LogP contribution in [0.1, 0.15) is 34.1 Å². The molecule has 0 heterocycles. The van der Waals surface area contributed by atoms with Gasteiger partial charge in [0.05, 0.1) is 0 Å². The van der Waals surface area contributed by atoms with Crippen molar-refractivity contribution < 1.29 is 9.18 Å². The van der Waals surface area contributed by atoms with Crippen molar-refractivity contribution in [3.8, 4) is 0 Å². The van der Waals surface area contributed by atoms with Crippen molar-refractivity contribution in [3.63, 3.8) is 0 Å². The summed E-state index contributed by atoms with van der Waals surface area (Å²) in [5.41, 5.74) is -1.57. The van der Waals surface area contributed by atoms with Gasteiger partial charge in [0, 0.05) is 13.1 Å². The molecule has 76 valence electrons. The van der Waals surface area contributed by atoms with E-state index in [0.29, 0.717) is 0 Å². The molecule has 3 heteroatoms. The number of rotatable bonds is 2. The summed E-state index contributed by atoms with van der Waals surface area (Å²) < 4.78 is 13.3. The van der Waals surface area contributed by atoms with Gasteiger partial charge in [0.25, 0.3) is 5.91 Å². The number of carbonyl (C=O) groups excluding carboxylic acids is 1. The molecule has 2 nitrogen and oxygen atoms in total. The van der Waals surface area contributed by atoms with Crippen molar-refractivity contribution in [1.29, 1.82) is 0 Å². The van der Waals surface area contributed by atoms with Gasteiger partial charge in [-0.2, -0.15) is 0 Å². The van der Waals surface area contributed by atoms with Gasteiger partial charge in [-0.1, -0.05) is 13.8 Å². The maximum Gasteiger partial charge on any atom is 0.259 e. The minimum atomic E-state index is -1.74. The first-order valence-electron chi connectivity index (χ1n) is 4.62. The van der Waals surface area contributed by atoms with Crippen LogP contribution in [0, 0.1) is 5.41 Å². The molecule has 0 saturated heterocycles. The quantitative estimate of drug-likeness (QED) is 0.647. The molecule has 1 atom stereocenters. The topological polar surface area (TPSA) is 20.3 Å². The molecule has 0 radical (unpaired) electrons. The molecule has 1 saturated carbocycles. The minimum absolute atomic E-state index is 0.176. The maximum atomic E-state index is 13.3. The fraction of sp³-hybridized carbons (Fsp3) is 0.900. The monoisotopic (exact) mass is 187 g/mol. The van der Waals surface area contributed by atoms with Crippen LogP contribution in [0.5, 0.6) is 0 Å². The summed E-state index contributed by atoms with van der Waals surface area (Å²) in [6.45, 7) is 6.79. The van der Waals surface area contributed by atoms with Gasteiger partial charge in [0.15, 0.2) is 5.67 Å². The molecule has 13 heavy (non-hydrogen) atoms. The third-order valence-corrected chi connectivity index (χ3v) is 2.76. The number of alkyl halides is 1. The van der Waals surface area contributed by atoms with E-state index < -0.39 is 11.6 Å². The van der Waals surface area contributed by atoms with Crippen LogP contribution in [0.15, 0.2) is 0 Å². The highest BCUT2D eigenvalue weighted by Gasteiger charge is 2.51. The Morgan fingerprint density at radius 2 is 1.92 bits per heavy atom. The van der Waals surface area contributed by atoms with Crippen LogP contribution in [-0.4, -0.2) is 29.6 Å². The molecule has 1 amide bonds. The van der Waals surface area contributed by atoms with Gasteiger partial charge in [-0.05, 0) is 25.7 Å². The molecule has 0 bridgehead atoms. The molecule has 0 aliphatic heterocycles. The van der Waals surface area contributed by atoms with Crippen LogP contribution in [-0.2, 0) is 4.79 Å². The highest BCUT2D eigenvalue weighted by molar-refractivity contribution is 5.84. The summed E-state index contributed by atoms with van der Waals surface area (Å²) >= 11 is 0. The summed E-state index contributed by atoms with van der Waals surface area (Å²) in [7, 11) is 1.68. The summed E-state index contributed by atoms with van der Waals surface area (Å²) in [4.78, 5) is 13.0. The average molecular weight is 187 g/mol. The fourth-order valence-corrected chi connectivity index (χ4v) is 1.66. The average Bonchev–Trinajstić information content (AvgIpc) is 2.55. The number of hydrogen-bond donors (Lipinski definition) is 0. The lowest BCUT2D eigenvalue weighted by Crippen LogP contribution is -2.42. The second-order valence-electron chi connectivity index (χ2n) is 5.10. The van der Waals surface area contributed by atoms with Crippen molar-refractivity contribution in [2.45, 2.75) is 45.8 Å². The molecule has 0 aromatic rings. The van der Waals surface area contributed by atoms with E-state index in [2.05, 4.69) is 13.8 Å². The number of hydrogen-bond acceptors (Lipinski definition) is 1. The standard InChI is InChI=1S/C10H18FNO/c1-9(2)6-7(9)12(5)8(13)10(3,4)11/h7H,6H2,1-5H3. The van der Waals surface area contributed by atoms with Crippen LogP contribution in [0.4, 0.5) is 4.39 Å². The smallest absolute Gasteiger partial charge is 0.259 e. The van der Waals surface area contributed by atoms with E-state index >= 15 is 0 Å². The molecule has 1 aliphatic carbocycles. The van der Waals surface area contributed by atoms with Gasteiger partial charge in [-0.3, -0.25) is 4.79 Å². The van der Waals surface area contributed by atoms with E-state index in [1.54, 1.807) is 11.9 Å². The van der Waals surface area contributed by atoms with Crippen LogP contribution in [0.25, 0.3) is 0 Å². The Labute approximate surface area is 79.1 Å². The first-order chi connectivity index (χ1) is 5.66. The lowest BCUT2D eigenvalue weighted by atomic mass is 10.1. The summed E-state index contributed by atoms with van der Waals surface area (Å²) in [6.07, 6.45) is 0.978. The molecule has 0 aromatic carbocycles. The Kier molecular flexibility index (Phi) is 2.17. The van der Waals surface area contributed by atoms with E-state index in [4.69, 9.17) is 0 Å². The Morgan fingerprint density at radius 3 is 2.15 bits per heavy atom. The molecule has 0 spiro atoms. The van der Waals surface area contributed by atoms with Gasteiger partial charge >= 0.3 is 0 Å². The number of nitrogens with zero attached hydrogens (tertiary/aromatic N) is 1. The third-order valence-electron chi connectivity index (χ3n) is 2.76. The molecule has 1 rings (SSSR count). The first-order valence-corrected chi connectivity index (χ1v) is 4.62. The number of amides is 1. The highest BCUT2D eigenvalue weighted by Crippen LogP contribution is 2.48. The molecule has 1 unspecified atom stereocenters. The molecular formula is C10H18FNO. The summed E-state index contributed by atoms with van der Waals surface area (Å²) in [6, 6.07) is 0.218. The SMILES string of the molecule is CN(C(=O)C(C)(C)F)C1CC1(C)C. The molecule has 0 aromatic heterocycles.